The number of alkyl halides is 6. The molecule has 0 saturated carbocycles. The SMILES string of the molecule is C=C(/C=C(\N=C(/N)C(F)(F)F)C(=O)N1CCC(N[C@@H]2CCOC[C@@H]2OC)CC1)NC[C@H]1CCC[C@@H](c2ccc(C(F)(F)F)cc2)O1. The molecule has 1 aromatic rings. The summed E-state index contributed by atoms with van der Waals surface area (Å²) in [5, 5.41) is 6.54. The lowest BCUT2D eigenvalue weighted by atomic mass is 9.97. The fourth-order valence-corrected chi connectivity index (χ4v) is 5.83. The second-order valence-corrected chi connectivity index (χ2v) is 11.7. The number of hydrogen-bond acceptors (Lipinski definition) is 7. The molecule has 3 aliphatic rings. The number of ether oxygens (including phenoxy) is 3. The van der Waals surface area contributed by atoms with Gasteiger partial charge in [-0.2, -0.15) is 26.3 Å². The minimum Gasteiger partial charge on any atom is -0.383 e. The molecule has 15 heteroatoms. The van der Waals surface area contributed by atoms with Gasteiger partial charge in [0.2, 0.25) is 5.84 Å². The van der Waals surface area contributed by atoms with E-state index >= 15 is 0 Å². The number of benzene rings is 1. The zero-order valence-electron chi connectivity index (χ0n) is 25.6. The molecule has 3 saturated heterocycles. The summed E-state index contributed by atoms with van der Waals surface area (Å²) in [7, 11) is 1.63. The molecule has 256 valence electrons. The Morgan fingerprint density at radius 3 is 2.43 bits per heavy atom. The first-order chi connectivity index (χ1) is 21.7. The maximum absolute atomic E-state index is 13.4. The predicted molar refractivity (Wildman–Crippen MR) is 159 cm³/mol. The van der Waals surface area contributed by atoms with Gasteiger partial charge in [0.05, 0.1) is 30.5 Å². The molecule has 0 aromatic heterocycles. The van der Waals surface area contributed by atoms with Gasteiger partial charge in [0, 0.05) is 51.1 Å². The van der Waals surface area contributed by atoms with E-state index in [9.17, 15) is 31.1 Å². The molecule has 0 unspecified atom stereocenters. The van der Waals surface area contributed by atoms with Gasteiger partial charge in [-0.3, -0.25) is 4.79 Å². The van der Waals surface area contributed by atoms with Crippen molar-refractivity contribution in [3.63, 3.8) is 0 Å². The minimum absolute atomic E-state index is 0.0872. The van der Waals surface area contributed by atoms with Crippen LogP contribution in [0.25, 0.3) is 0 Å². The van der Waals surface area contributed by atoms with Gasteiger partial charge >= 0.3 is 12.4 Å². The summed E-state index contributed by atoms with van der Waals surface area (Å²) in [6.07, 6.45) is -5.11. The van der Waals surface area contributed by atoms with Gasteiger partial charge in [0.15, 0.2) is 0 Å². The fourth-order valence-electron chi connectivity index (χ4n) is 5.83. The molecular formula is C31H41F6N5O4. The Morgan fingerprint density at radius 2 is 1.80 bits per heavy atom. The van der Waals surface area contributed by atoms with Crippen LogP contribution in [0.15, 0.2) is 53.3 Å². The lowest BCUT2D eigenvalue weighted by Crippen LogP contribution is -2.54. The van der Waals surface area contributed by atoms with Crippen molar-refractivity contribution in [1.29, 1.82) is 0 Å². The van der Waals surface area contributed by atoms with E-state index in [1.165, 1.54) is 17.0 Å². The molecule has 3 aliphatic heterocycles. The van der Waals surface area contributed by atoms with Gasteiger partial charge in [-0.25, -0.2) is 4.99 Å². The van der Waals surface area contributed by atoms with Crippen molar-refractivity contribution < 1.29 is 45.3 Å². The maximum Gasteiger partial charge on any atom is 0.448 e. The highest BCUT2D eigenvalue weighted by atomic mass is 19.4. The van der Waals surface area contributed by atoms with Crippen LogP contribution in [0, 0.1) is 0 Å². The first kappa shape index (κ1) is 35.7. The molecule has 0 aliphatic carbocycles. The maximum atomic E-state index is 13.4. The lowest BCUT2D eigenvalue weighted by molar-refractivity contribution is -0.137. The summed E-state index contributed by atoms with van der Waals surface area (Å²) in [6, 6.07) is 5.02. The van der Waals surface area contributed by atoms with Crippen LogP contribution < -0.4 is 16.4 Å². The summed E-state index contributed by atoms with van der Waals surface area (Å²) in [5.41, 5.74) is 4.68. The Morgan fingerprint density at radius 1 is 1.11 bits per heavy atom. The summed E-state index contributed by atoms with van der Waals surface area (Å²) in [4.78, 5) is 18.3. The Kier molecular flexibility index (Phi) is 12.1. The summed E-state index contributed by atoms with van der Waals surface area (Å²) < 4.78 is 95.7. The van der Waals surface area contributed by atoms with Crippen LogP contribution in [0.5, 0.6) is 0 Å². The average Bonchev–Trinajstić information content (AvgIpc) is 3.03. The fraction of sp³-hybridized carbons (Fsp3) is 0.613. The number of amidine groups is 1. The van der Waals surface area contributed by atoms with Crippen molar-refractivity contribution in [2.75, 3.05) is 40.0 Å². The van der Waals surface area contributed by atoms with Crippen LogP contribution in [0.4, 0.5) is 26.3 Å². The molecule has 0 radical (unpaired) electrons. The van der Waals surface area contributed by atoms with Crippen LogP contribution in [0.1, 0.15) is 55.8 Å². The molecule has 1 amide bonds. The molecule has 0 spiro atoms. The molecule has 3 fully saturated rings. The first-order valence-electron chi connectivity index (χ1n) is 15.3. The number of nitrogens with zero attached hydrogens (tertiary/aromatic N) is 2. The second-order valence-electron chi connectivity index (χ2n) is 11.7. The van der Waals surface area contributed by atoms with Crippen molar-refractivity contribution in [2.45, 2.75) is 81.3 Å². The van der Waals surface area contributed by atoms with Crippen LogP contribution in [-0.2, 0) is 25.2 Å². The number of allylic oxidation sites excluding steroid dienone is 1. The number of halogens is 6. The number of carbonyl (C=O) groups is 1. The summed E-state index contributed by atoms with van der Waals surface area (Å²) in [5.74, 6) is -2.36. The van der Waals surface area contributed by atoms with Crippen LogP contribution in [-0.4, -0.2) is 87.1 Å². The van der Waals surface area contributed by atoms with Gasteiger partial charge in [-0.1, -0.05) is 18.7 Å². The predicted octanol–water partition coefficient (Wildman–Crippen LogP) is 4.61. The van der Waals surface area contributed by atoms with Crippen LogP contribution >= 0.6 is 0 Å². The Hall–Kier alpha value is -3.14. The molecule has 4 N–H and O–H groups in total. The number of piperidine rings is 1. The molecule has 4 rings (SSSR count). The van der Waals surface area contributed by atoms with Gasteiger partial charge in [0.1, 0.15) is 5.70 Å². The molecular weight excluding hydrogens is 620 g/mol. The number of nitrogens with one attached hydrogen (secondary N) is 2. The third-order valence-corrected chi connectivity index (χ3v) is 8.42. The standard InChI is InChI=1S/C31H41F6N5O4/c1-19(39-17-23-4-3-5-26(46-23)20-6-8-21(9-7-20)30(32,33)34)16-25(41-29(38)31(35,36)37)28(43)42-13-10-22(11-14-42)40-24-12-15-45-18-27(24)44-2/h6-9,16,22-24,26-27,39-40H,1,3-5,10-15,17-18H2,2H3,(H2,38,41)/b25-16-/t23-,24-,26+,27+/m1/s1. The normalized spacial score (nSPS) is 25.8. The number of carbonyl (C=O) groups excluding carboxylic acids is 1. The van der Waals surface area contributed by atoms with Crippen molar-refractivity contribution in [2.24, 2.45) is 10.7 Å². The van der Waals surface area contributed by atoms with E-state index in [4.69, 9.17) is 19.9 Å². The average molecular weight is 662 g/mol. The number of aliphatic imine (C=N–C) groups is 1. The quantitative estimate of drug-likeness (QED) is 0.111. The molecule has 4 atom stereocenters. The molecule has 3 heterocycles. The number of amides is 1. The van der Waals surface area contributed by atoms with Gasteiger partial charge in [0.25, 0.3) is 5.91 Å². The molecule has 9 nitrogen and oxygen atoms in total. The topological polar surface area (TPSA) is 110 Å². The van der Waals surface area contributed by atoms with Gasteiger partial charge < -0.3 is 35.5 Å². The highest BCUT2D eigenvalue weighted by Crippen LogP contribution is 2.34. The largest absolute Gasteiger partial charge is 0.448 e. The number of nitrogens with two attached hydrogens (primary N) is 1. The Balaban J connectivity index is 1.36. The number of hydrogen-bond donors (Lipinski definition) is 3. The monoisotopic (exact) mass is 661 g/mol. The van der Waals surface area contributed by atoms with E-state index in [2.05, 4.69) is 22.2 Å². The highest BCUT2D eigenvalue weighted by molar-refractivity contribution is 5.98. The Labute approximate surface area is 264 Å². The van der Waals surface area contributed by atoms with Crippen molar-refractivity contribution >= 4 is 11.7 Å². The van der Waals surface area contributed by atoms with E-state index in [0.717, 1.165) is 31.1 Å². The van der Waals surface area contributed by atoms with Crippen molar-refractivity contribution in [3.8, 4) is 0 Å². The van der Waals surface area contributed by atoms with E-state index < -0.39 is 41.5 Å². The van der Waals surface area contributed by atoms with E-state index in [0.29, 0.717) is 57.6 Å². The minimum atomic E-state index is -4.93. The highest BCUT2D eigenvalue weighted by Gasteiger charge is 2.36. The lowest BCUT2D eigenvalue weighted by Gasteiger charge is -2.38. The summed E-state index contributed by atoms with van der Waals surface area (Å²) >= 11 is 0. The second kappa shape index (κ2) is 15.6. The number of likely N-dealkylation sites (tertiary alicyclic amines) is 1. The van der Waals surface area contributed by atoms with Crippen LogP contribution in [0.3, 0.4) is 0 Å². The zero-order chi connectivity index (χ0) is 33.5. The van der Waals surface area contributed by atoms with E-state index in [1.54, 1.807) is 7.11 Å². The number of rotatable bonds is 10. The first-order valence-corrected chi connectivity index (χ1v) is 15.3. The Bertz CT molecular complexity index is 1250. The molecule has 1 aromatic carbocycles. The zero-order valence-corrected chi connectivity index (χ0v) is 25.6. The molecule has 0 bridgehead atoms. The molecule has 46 heavy (non-hydrogen) atoms. The summed E-state index contributed by atoms with van der Waals surface area (Å²) in [6.45, 7) is 5.75. The van der Waals surface area contributed by atoms with Gasteiger partial charge in [-0.05, 0) is 62.3 Å². The smallest absolute Gasteiger partial charge is 0.383 e. The van der Waals surface area contributed by atoms with Crippen LogP contribution in [0.2, 0.25) is 0 Å². The number of methoxy groups -OCH3 is 1. The van der Waals surface area contributed by atoms with Crippen molar-refractivity contribution in [1.82, 2.24) is 15.5 Å². The van der Waals surface area contributed by atoms with E-state index in [-0.39, 0.29) is 36.5 Å². The third-order valence-electron chi connectivity index (χ3n) is 8.42. The third kappa shape index (κ3) is 9.93. The van der Waals surface area contributed by atoms with Gasteiger partial charge in [-0.15, -0.1) is 0 Å². The van der Waals surface area contributed by atoms with E-state index in [1.807, 2.05) is 0 Å². The van der Waals surface area contributed by atoms with Crippen molar-refractivity contribution in [3.05, 3.63) is 59.4 Å².